The maximum Gasteiger partial charge on any atom is 0.225 e. The summed E-state index contributed by atoms with van der Waals surface area (Å²) in [6.45, 7) is 5.31. The Kier molecular flexibility index (Phi) is 4.73. The summed E-state index contributed by atoms with van der Waals surface area (Å²) in [5.41, 5.74) is 5.99. The number of amidine groups is 1. The van der Waals surface area contributed by atoms with Gasteiger partial charge in [0.2, 0.25) is 5.95 Å². The minimum atomic E-state index is -0.00176. The van der Waals surface area contributed by atoms with Crippen molar-refractivity contribution < 1.29 is 5.21 Å². The summed E-state index contributed by atoms with van der Waals surface area (Å²) in [6.07, 6.45) is 4.08. The van der Waals surface area contributed by atoms with Gasteiger partial charge in [-0.15, -0.1) is 0 Å². The zero-order valence-electron chi connectivity index (χ0n) is 12.0. The molecule has 1 unspecified atom stereocenters. The summed E-state index contributed by atoms with van der Waals surface area (Å²) in [7, 11) is 1.97. The number of aromatic nitrogens is 2. The Morgan fingerprint density at radius 3 is 3.15 bits per heavy atom. The lowest BCUT2D eigenvalue weighted by Crippen LogP contribution is -2.39. The van der Waals surface area contributed by atoms with E-state index in [1.807, 2.05) is 11.9 Å². The molecule has 3 N–H and O–H groups in total. The Bertz CT molecular complexity index is 478. The van der Waals surface area contributed by atoms with Crippen LogP contribution in [0.2, 0.25) is 0 Å². The van der Waals surface area contributed by atoms with E-state index >= 15 is 0 Å². The van der Waals surface area contributed by atoms with E-state index in [1.54, 1.807) is 12.3 Å². The molecule has 0 amide bonds. The van der Waals surface area contributed by atoms with E-state index in [4.69, 9.17) is 10.9 Å². The van der Waals surface area contributed by atoms with Crippen LogP contribution in [-0.4, -0.2) is 58.6 Å². The summed E-state index contributed by atoms with van der Waals surface area (Å²) in [5.74, 6) is 0.593. The average Bonchev–Trinajstić information content (AvgIpc) is 2.93. The Morgan fingerprint density at radius 1 is 1.65 bits per heavy atom. The number of hydrogen-bond acceptors (Lipinski definition) is 6. The molecule has 0 spiro atoms. The summed E-state index contributed by atoms with van der Waals surface area (Å²) in [4.78, 5) is 13.1. The van der Waals surface area contributed by atoms with E-state index in [1.165, 1.54) is 19.4 Å². The topological polar surface area (TPSA) is 90.9 Å². The fraction of sp³-hybridized carbons (Fsp3) is 0.615. The zero-order chi connectivity index (χ0) is 14.5. The van der Waals surface area contributed by atoms with E-state index in [9.17, 15) is 0 Å². The third kappa shape index (κ3) is 3.16. The van der Waals surface area contributed by atoms with E-state index in [-0.39, 0.29) is 5.84 Å². The van der Waals surface area contributed by atoms with Crippen LogP contribution in [-0.2, 0) is 0 Å². The number of hydrogen-bond donors (Lipinski definition) is 2. The highest BCUT2D eigenvalue weighted by Crippen LogP contribution is 2.18. The van der Waals surface area contributed by atoms with Gasteiger partial charge < -0.3 is 15.8 Å². The molecule has 1 aliphatic rings. The smallest absolute Gasteiger partial charge is 0.225 e. The molecule has 1 atom stereocenters. The van der Waals surface area contributed by atoms with Crippen molar-refractivity contribution in [2.24, 2.45) is 10.9 Å². The Morgan fingerprint density at radius 2 is 2.45 bits per heavy atom. The van der Waals surface area contributed by atoms with Gasteiger partial charge in [0.25, 0.3) is 0 Å². The number of likely N-dealkylation sites (N-methyl/N-ethyl adjacent to an activating group) is 2. The van der Waals surface area contributed by atoms with E-state index in [0.717, 1.165) is 13.1 Å². The van der Waals surface area contributed by atoms with Crippen molar-refractivity contribution in [3.8, 4) is 0 Å². The van der Waals surface area contributed by atoms with Gasteiger partial charge in [0, 0.05) is 25.8 Å². The molecule has 1 aliphatic heterocycles. The Balaban J connectivity index is 2.07. The van der Waals surface area contributed by atoms with Crippen molar-refractivity contribution in [1.29, 1.82) is 0 Å². The summed E-state index contributed by atoms with van der Waals surface area (Å²) in [5, 5.41) is 11.7. The first-order valence-electron chi connectivity index (χ1n) is 6.91. The molecule has 2 heterocycles. The molecule has 0 bridgehead atoms. The lowest BCUT2D eigenvalue weighted by atomic mass is 10.2. The van der Waals surface area contributed by atoms with Crippen molar-refractivity contribution in [1.82, 2.24) is 14.9 Å². The average molecular weight is 278 g/mol. The van der Waals surface area contributed by atoms with Crippen LogP contribution in [0.25, 0.3) is 0 Å². The number of oxime groups is 1. The van der Waals surface area contributed by atoms with Crippen molar-refractivity contribution in [2.75, 3.05) is 31.6 Å². The van der Waals surface area contributed by atoms with Gasteiger partial charge in [-0.1, -0.05) is 12.1 Å². The van der Waals surface area contributed by atoms with Gasteiger partial charge >= 0.3 is 0 Å². The van der Waals surface area contributed by atoms with Gasteiger partial charge in [-0.2, -0.15) is 0 Å². The Hall–Kier alpha value is -1.89. The van der Waals surface area contributed by atoms with Crippen LogP contribution in [0.4, 0.5) is 5.95 Å². The molecule has 7 nitrogen and oxygen atoms in total. The van der Waals surface area contributed by atoms with Crippen LogP contribution in [0, 0.1) is 0 Å². The quantitative estimate of drug-likeness (QED) is 0.352. The molecule has 0 saturated carbocycles. The van der Waals surface area contributed by atoms with E-state index < -0.39 is 0 Å². The van der Waals surface area contributed by atoms with Gasteiger partial charge in [-0.25, -0.2) is 9.97 Å². The van der Waals surface area contributed by atoms with Gasteiger partial charge in [0.1, 0.15) is 5.69 Å². The fourth-order valence-corrected chi connectivity index (χ4v) is 2.64. The molecule has 1 aromatic heterocycles. The van der Waals surface area contributed by atoms with Crippen LogP contribution in [0.15, 0.2) is 17.4 Å². The SMILES string of the molecule is CCN1CCCC1CN(C)c1nccc(/C(N)=N/O)n1. The number of rotatable bonds is 5. The number of nitrogens with two attached hydrogens (primary N) is 1. The third-order valence-corrected chi connectivity index (χ3v) is 3.74. The van der Waals surface area contributed by atoms with Crippen molar-refractivity contribution >= 4 is 11.8 Å². The van der Waals surface area contributed by atoms with Gasteiger partial charge in [0.15, 0.2) is 5.84 Å². The second-order valence-electron chi connectivity index (χ2n) is 5.03. The maximum atomic E-state index is 8.70. The minimum absolute atomic E-state index is 0.00176. The highest BCUT2D eigenvalue weighted by Gasteiger charge is 2.24. The first kappa shape index (κ1) is 14.5. The van der Waals surface area contributed by atoms with Gasteiger partial charge in [-0.05, 0) is 32.0 Å². The first-order valence-corrected chi connectivity index (χ1v) is 6.91. The van der Waals surface area contributed by atoms with Gasteiger partial charge in [-0.3, -0.25) is 4.90 Å². The van der Waals surface area contributed by atoms with Crippen LogP contribution < -0.4 is 10.6 Å². The van der Waals surface area contributed by atoms with Crippen LogP contribution in [0.3, 0.4) is 0 Å². The number of nitrogens with zero attached hydrogens (tertiary/aromatic N) is 5. The number of anilines is 1. The molecule has 110 valence electrons. The van der Waals surface area contributed by atoms with E-state index in [2.05, 4.69) is 26.9 Å². The minimum Gasteiger partial charge on any atom is -0.409 e. The monoisotopic (exact) mass is 278 g/mol. The molecule has 1 fully saturated rings. The maximum absolute atomic E-state index is 8.70. The van der Waals surface area contributed by atoms with Crippen LogP contribution in [0.5, 0.6) is 0 Å². The summed E-state index contributed by atoms with van der Waals surface area (Å²) in [6, 6.07) is 2.17. The normalized spacial score (nSPS) is 20.3. The third-order valence-electron chi connectivity index (χ3n) is 3.74. The lowest BCUT2D eigenvalue weighted by molar-refractivity contribution is 0.270. The standard InChI is InChI=1S/C13H22N6O/c1-3-19-8-4-5-10(19)9-18(2)13-15-7-6-11(16-13)12(14)17-20/h6-7,10,20H,3-5,8-9H2,1-2H3,(H2,14,17). The Labute approximate surface area is 119 Å². The molecule has 20 heavy (non-hydrogen) atoms. The van der Waals surface area contributed by atoms with Gasteiger partial charge in [0.05, 0.1) is 0 Å². The second kappa shape index (κ2) is 6.51. The summed E-state index contributed by atoms with van der Waals surface area (Å²) >= 11 is 0. The molecule has 7 heteroatoms. The molecular weight excluding hydrogens is 256 g/mol. The molecule has 1 saturated heterocycles. The molecule has 0 radical (unpaired) electrons. The van der Waals surface area contributed by atoms with Crippen molar-refractivity contribution in [3.05, 3.63) is 18.0 Å². The van der Waals surface area contributed by atoms with Crippen LogP contribution in [0.1, 0.15) is 25.5 Å². The highest BCUT2D eigenvalue weighted by molar-refractivity contribution is 5.95. The predicted octanol–water partition coefficient (Wildman–Crippen LogP) is 0.492. The number of likely N-dealkylation sites (tertiary alicyclic amines) is 1. The lowest BCUT2D eigenvalue weighted by Gasteiger charge is -2.27. The molecule has 2 rings (SSSR count). The fourth-order valence-electron chi connectivity index (χ4n) is 2.64. The van der Waals surface area contributed by atoms with Crippen molar-refractivity contribution in [3.63, 3.8) is 0 Å². The van der Waals surface area contributed by atoms with Crippen molar-refractivity contribution in [2.45, 2.75) is 25.8 Å². The zero-order valence-corrected chi connectivity index (χ0v) is 12.0. The molecule has 0 aromatic carbocycles. The van der Waals surface area contributed by atoms with Crippen LogP contribution >= 0.6 is 0 Å². The predicted molar refractivity (Wildman–Crippen MR) is 78.1 cm³/mol. The molecule has 1 aromatic rings. The molecular formula is C13H22N6O. The highest BCUT2D eigenvalue weighted by atomic mass is 16.4. The first-order chi connectivity index (χ1) is 9.65. The molecule has 0 aliphatic carbocycles. The van der Waals surface area contributed by atoms with E-state index in [0.29, 0.717) is 17.7 Å². The second-order valence-corrected chi connectivity index (χ2v) is 5.03. The summed E-state index contributed by atoms with van der Waals surface area (Å²) < 4.78 is 0. The largest absolute Gasteiger partial charge is 0.409 e.